The van der Waals surface area contributed by atoms with Gasteiger partial charge in [-0.2, -0.15) is 11.8 Å². The summed E-state index contributed by atoms with van der Waals surface area (Å²) in [5.74, 6) is 1.63. The molecule has 0 aliphatic rings. The highest BCUT2D eigenvalue weighted by molar-refractivity contribution is 7.97. The maximum absolute atomic E-state index is 12.1. The van der Waals surface area contributed by atoms with Crippen molar-refractivity contribution in [2.24, 2.45) is 0 Å². The number of methoxy groups -OCH3 is 1. The van der Waals surface area contributed by atoms with Crippen molar-refractivity contribution in [2.75, 3.05) is 18.7 Å². The van der Waals surface area contributed by atoms with Crippen LogP contribution in [0.25, 0.3) is 0 Å². The molecule has 0 fully saturated rings. The Bertz CT molecular complexity index is 632. The van der Waals surface area contributed by atoms with Gasteiger partial charge in [-0.05, 0) is 24.0 Å². The van der Waals surface area contributed by atoms with Crippen molar-refractivity contribution in [3.8, 4) is 5.75 Å². The summed E-state index contributed by atoms with van der Waals surface area (Å²) >= 11 is 1.72. The fourth-order valence-corrected chi connectivity index (χ4v) is 2.68. The summed E-state index contributed by atoms with van der Waals surface area (Å²) < 4.78 is 5.27. The van der Waals surface area contributed by atoms with E-state index in [4.69, 9.17) is 4.74 Å². The van der Waals surface area contributed by atoms with E-state index in [9.17, 15) is 4.79 Å². The second kappa shape index (κ2) is 8.34. The third kappa shape index (κ3) is 4.43. The van der Waals surface area contributed by atoms with Crippen LogP contribution in [-0.4, -0.2) is 19.4 Å². The molecule has 0 bridgehead atoms. The van der Waals surface area contributed by atoms with Crippen LogP contribution in [0, 0.1) is 0 Å². The zero-order valence-electron chi connectivity index (χ0n) is 12.8. The van der Waals surface area contributed by atoms with Crippen molar-refractivity contribution in [3.05, 3.63) is 59.7 Å². The predicted molar refractivity (Wildman–Crippen MR) is 92.5 cm³/mol. The van der Waals surface area contributed by atoms with Gasteiger partial charge in [0, 0.05) is 23.5 Å². The van der Waals surface area contributed by atoms with Gasteiger partial charge in [0.15, 0.2) is 0 Å². The number of hydrogen-bond donors (Lipinski definition) is 2. The molecule has 2 aromatic carbocycles. The Labute approximate surface area is 135 Å². The van der Waals surface area contributed by atoms with Gasteiger partial charge in [0.05, 0.1) is 7.11 Å². The molecule has 2 amide bonds. The SMILES string of the molecule is COc1ccccc1CNC(=O)Nc1ccccc1CSC. The number of para-hydroxylation sites is 2. The number of hydrogen-bond acceptors (Lipinski definition) is 3. The fourth-order valence-electron chi connectivity index (χ4n) is 2.11. The number of amides is 2. The van der Waals surface area contributed by atoms with Crippen molar-refractivity contribution < 1.29 is 9.53 Å². The van der Waals surface area contributed by atoms with Gasteiger partial charge in [-0.25, -0.2) is 4.79 Å². The maximum atomic E-state index is 12.1. The number of carbonyl (C=O) groups excluding carboxylic acids is 1. The lowest BCUT2D eigenvalue weighted by atomic mass is 10.2. The standard InChI is InChI=1S/C17H20N2O2S/c1-21-16-10-6-4-7-13(16)11-18-17(20)19-15-9-5-3-8-14(15)12-22-2/h3-10H,11-12H2,1-2H3,(H2,18,19,20). The monoisotopic (exact) mass is 316 g/mol. The lowest BCUT2D eigenvalue weighted by molar-refractivity contribution is 0.251. The molecule has 0 spiro atoms. The van der Waals surface area contributed by atoms with Crippen LogP contribution in [0.4, 0.5) is 10.5 Å². The quantitative estimate of drug-likeness (QED) is 0.850. The summed E-state index contributed by atoms with van der Waals surface area (Å²) in [6.45, 7) is 0.417. The molecule has 0 unspecified atom stereocenters. The van der Waals surface area contributed by atoms with E-state index in [1.54, 1.807) is 18.9 Å². The van der Waals surface area contributed by atoms with Crippen LogP contribution >= 0.6 is 11.8 Å². The van der Waals surface area contributed by atoms with E-state index in [2.05, 4.69) is 10.6 Å². The van der Waals surface area contributed by atoms with E-state index in [1.807, 2.05) is 54.8 Å². The lowest BCUT2D eigenvalue weighted by Gasteiger charge is -2.12. The first-order valence-electron chi connectivity index (χ1n) is 6.98. The Kier molecular flexibility index (Phi) is 6.15. The first-order valence-corrected chi connectivity index (χ1v) is 8.37. The second-order valence-electron chi connectivity index (χ2n) is 4.71. The molecule has 0 saturated carbocycles. The third-order valence-corrected chi connectivity index (χ3v) is 3.80. The van der Waals surface area contributed by atoms with Gasteiger partial charge in [0.25, 0.3) is 0 Å². The molecule has 4 nitrogen and oxygen atoms in total. The van der Waals surface area contributed by atoms with Crippen LogP contribution < -0.4 is 15.4 Å². The molecule has 0 aliphatic carbocycles. The Morgan fingerprint density at radius 3 is 2.50 bits per heavy atom. The minimum absolute atomic E-state index is 0.223. The number of ether oxygens (including phenoxy) is 1. The zero-order chi connectivity index (χ0) is 15.8. The van der Waals surface area contributed by atoms with Crippen molar-refractivity contribution in [1.29, 1.82) is 0 Å². The van der Waals surface area contributed by atoms with Crippen molar-refractivity contribution in [1.82, 2.24) is 5.32 Å². The Morgan fingerprint density at radius 2 is 1.77 bits per heavy atom. The first kappa shape index (κ1) is 16.2. The van der Waals surface area contributed by atoms with E-state index in [1.165, 1.54) is 0 Å². The van der Waals surface area contributed by atoms with Crippen LogP contribution in [0.3, 0.4) is 0 Å². The van der Waals surface area contributed by atoms with E-state index in [0.29, 0.717) is 6.54 Å². The van der Waals surface area contributed by atoms with Crippen LogP contribution in [0.5, 0.6) is 5.75 Å². The van der Waals surface area contributed by atoms with Crippen LogP contribution in [-0.2, 0) is 12.3 Å². The Morgan fingerprint density at radius 1 is 1.09 bits per heavy atom. The van der Waals surface area contributed by atoms with Gasteiger partial charge in [-0.3, -0.25) is 0 Å². The smallest absolute Gasteiger partial charge is 0.319 e. The number of anilines is 1. The van der Waals surface area contributed by atoms with Gasteiger partial charge in [-0.15, -0.1) is 0 Å². The highest BCUT2D eigenvalue weighted by atomic mass is 32.2. The minimum Gasteiger partial charge on any atom is -0.496 e. The topological polar surface area (TPSA) is 50.4 Å². The van der Waals surface area contributed by atoms with Crippen LogP contribution in [0.1, 0.15) is 11.1 Å². The van der Waals surface area contributed by atoms with Crippen molar-refractivity contribution in [2.45, 2.75) is 12.3 Å². The zero-order valence-corrected chi connectivity index (χ0v) is 13.6. The molecule has 2 aromatic rings. The van der Waals surface area contributed by atoms with E-state index in [0.717, 1.165) is 28.3 Å². The second-order valence-corrected chi connectivity index (χ2v) is 5.58. The molecule has 0 heterocycles. The molecule has 0 saturated heterocycles. The van der Waals surface area contributed by atoms with Gasteiger partial charge >= 0.3 is 6.03 Å². The molecule has 0 atom stereocenters. The average molecular weight is 316 g/mol. The normalized spacial score (nSPS) is 10.1. The van der Waals surface area contributed by atoms with Gasteiger partial charge in [0.2, 0.25) is 0 Å². The predicted octanol–water partition coefficient (Wildman–Crippen LogP) is 3.88. The van der Waals surface area contributed by atoms with E-state index in [-0.39, 0.29) is 6.03 Å². The molecule has 2 rings (SSSR count). The van der Waals surface area contributed by atoms with Crippen molar-refractivity contribution in [3.63, 3.8) is 0 Å². The number of benzene rings is 2. The summed E-state index contributed by atoms with van der Waals surface area (Å²) in [4.78, 5) is 12.1. The maximum Gasteiger partial charge on any atom is 0.319 e. The molecule has 116 valence electrons. The van der Waals surface area contributed by atoms with Crippen molar-refractivity contribution >= 4 is 23.5 Å². The molecule has 0 radical (unpaired) electrons. The largest absolute Gasteiger partial charge is 0.496 e. The molecule has 5 heteroatoms. The highest BCUT2D eigenvalue weighted by Crippen LogP contribution is 2.20. The number of thioether (sulfide) groups is 1. The number of nitrogens with one attached hydrogen (secondary N) is 2. The lowest BCUT2D eigenvalue weighted by Crippen LogP contribution is -2.28. The van der Waals surface area contributed by atoms with Crippen LogP contribution in [0.2, 0.25) is 0 Å². The van der Waals surface area contributed by atoms with Gasteiger partial charge < -0.3 is 15.4 Å². The molecule has 22 heavy (non-hydrogen) atoms. The van der Waals surface area contributed by atoms with Crippen LogP contribution in [0.15, 0.2) is 48.5 Å². The Balaban J connectivity index is 1.96. The number of carbonyl (C=O) groups is 1. The minimum atomic E-state index is -0.223. The summed E-state index contributed by atoms with van der Waals surface area (Å²) in [7, 11) is 1.62. The number of urea groups is 1. The molecule has 0 aliphatic heterocycles. The van der Waals surface area contributed by atoms with Gasteiger partial charge in [0.1, 0.15) is 5.75 Å². The molecular formula is C17H20N2O2S. The summed E-state index contributed by atoms with van der Waals surface area (Å²) in [5.41, 5.74) is 2.90. The van der Waals surface area contributed by atoms with E-state index >= 15 is 0 Å². The summed E-state index contributed by atoms with van der Waals surface area (Å²) in [5, 5.41) is 5.75. The van der Waals surface area contributed by atoms with E-state index < -0.39 is 0 Å². The molecular weight excluding hydrogens is 296 g/mol. The highest BCUT2D eigenvalue weighted by Gasteiger charge is 2.07. The first-order chi connectivity index (χ1) is 10.7. The fraction of sp³-hybridized carbons (Fsp3) is 0.235. The third-order valence-electron chi connectivity index (χ3n) is 3.20. The molecule has 0 aromatic heterocycles. The Hall–Kier alpha value is -2.14. The average Bonchev–Trinajstić information content (AvgIpc) is 2.55. The summed E-state index contributed by atoms with van der Waals surface area (Å²) in [6, 6.07) is 15.2. The van der Waals surface area contributed by atoms with Gasteiger partial charge in [-0.1, -0.05) is 36.4 Å². The molecule has 2 N–H and O–H groups in total. The summed E-state index contributed by atoms with van der Waals surface area (Å²) in [6.07, 6.45) is 2.04. The number of rotatable bonds is 6.